The van der Waals surface area contributed by atoms with Crippen LogP contribution in [0, 0.1) is 0 Å². The summed E-state index contributed by atoms with van der Waals surface area (Å²) < 4.78 is 44.1. The molecule has 0 aliphatic carbocycles. The molecule has 0 saturated carbocycles. The second-order valence-corrected chi connectivity index (χ2v) is 5.37. The number of aliphatic hydroxyl groups excluding tert-OH is 1. The van der Waals surface area contributed by atoms with Gasteiger partial charge in [0.15, 0.2) is 0 Å². The number of hydrogen-bond donors (Lipinski definition) is 1. The summed E-state index contributed by atoms with van der Waals surface area (Å²) >= 11 is 0. The third-order valence-corrected chi connectivity index (χ3v) is 3.79. The molecule has 0 atom stereocenters. The summed E-state index contributed by atoms with van der Waals surface area (Å²) in [6.45, 7) is 1.25. The Morgan fingerprint density at radius 2 is 2.00 bits per heavy atom. The lowest BCUT2D eigenvalue weighted by Gasteiger charge is -2.30. The van der Waals surface area contributed by atoms with E-state index in [0.717, 1.165) is 13.2 Å². The maximum absolute atomic E-state index is 13.2. The molecule has 1 heterocycles. The van der Waals surface area contributed by atoms with E-state index in [1.807, 2.05) is 4.90 Å². The van der Waals surface area contributed by atoms with E-state index >= 15 is 0 Å². The minimum absolute atomic E-state index is 0.118. The normalized spacial score (nSPS) is 17.5. The van der Waals surface area contributed by atoms with Crippen molar-refractivity contribution in [2.45, 2.75) is 31.7 Å². The van der Waals surface area contributed by atoms with Gasteiger partial charge in [-0.1, -0.05) is 6.07 Å². The molecular weight excluding hydrogens is 299 g/mol. The Balaban J connectivity index is 2.24. The Kier molecular flexibility index (Phi) is 5.08. The minimum Gasteiger partial charge on any atom is -0.465 e. The second-order valence-electron chi connectivity index (χ2n) is 5.37. The topological polar surface area (TPSA) is 49.8 Å². The third kappa shape index (κ3) is 3.98. The number of carbonyl (C=O) groups excluding carboxylic acids is 1. The number of rotatable bonds is 3. The lowest BCUT2D eigenvalue weighted by atomic mass is 10.0. The van der Waals surface area contributed by atoms with Crippen molar-refractivity contribution in [1.82, 2.24) is 4.90 Å². The number of likely N-dealkylation sites (tertiary alicyclic amines) is 1. The fourth-order valence-corrected chi connectivity index (χ4v) is 2.54. The van der Waals surface area contributed by atoms with Crippen molar-refractivity contribution in [1.29, 1.82) is 0 Å². The third-order valence-electron chi connectivity index (χ3n) is 3.79. The van der Waals surface area contributed by atoms with Crippen LogP contribution < -0.4 is 0 Å². The van der Waals surface area contributed by atoms with Crippen LogP contribution in [0.15, 0.2) is 18.2 Å². The first-order valence-electron chi connectivity index (χ1n) is 7.00. The average molecular weight is 317 g/mol. The van der Waals surface area contributed by atoms with Crippen molar-refractivity contribution < 1.29 is 27.8 Å². The number of methoxy groups -OCH3 is 1. The van der Waals surface area contributed by atoms with Crippen LogP contribution in [0.1, 0.15) is 34.3 Å². The van der Waals surface area contributed by atoms with Gasteiger partial charge in [0.2, 0.25) is 0 Å². The Morgan fingerprint density at radius 3 is 2.55 bits per heavy atom. The van der Waals surface area contributed by atoms with Gasteiger partial charge in [-0.15, -0.1) is 0 Å². The van der Waals surface area contributed by atoms with Crippen molar-refractivity contribution in [2.75, 3.05) is 20.2 Å². The summed E-state index contributed by atoms with van der Waals surface area (Å²) in [6.07, 6.45) is -3.79. The zero-order chi connectivity index (χ0) is 16.3. The van der Waals surface area contributed by atoms with Gasteiger partial charge in [-0.25, -0.2) is 4.79 Å². The van der Waals surface area contributed by atoms with Crippen LogP contribution >= 0.6 is 0 Å². The van der Waals surface area contributed by atoms with Gasteiger partial charge in [-0.2, -0.15) is 13.2 Å². The monoisotopic (exact) mass is 317 g/mol. The van der Waals surface area contributed by atoms with Crippen LogP contribution in [0.2, 0.25) is 0 Å². The number of hydrogen-bond acceptors (Lipinski definition) is 4. The highest BCUT2D eigenvalue weighted by Gasteiger charge is 2.34. The van der Waals surface area contributed by atoms with E-state index in [4.69, 9.17) is 0 Å². The van der Waals surface area contributed by atoms with Gasteiger partial charge in [-0.3, -0.25) is 4.90 Å². The van der Waals surface area contributed by atoms with Crippen LogP contribution in [-0.2, 0) is 17.5 Å². The number of benzene rings is 1. The van der Waals surface area contributed by atoms with E-state index < -0.39 is 17.7 Å². The summed E-state index contributed by atoms with van der Waals surface area (Å²) in [5.41, 5.74) is -0.814. The van der Waals surface area contributed by atoms with E-state index in [1.165, 1.54) is 12.1 Å². The summed E-state index contributed by atoms with van der Waals surface area (Å²) in [4.78, 5) is 13.3. The fraction of sp³-hybridized carbons (Fsp3) is 0.533. The predicted octanol–water partition coefficient (Wildman–Crippen LogP) is 2.45. The van der Waals surface area contributed by atoms with Crippen molar-refractivity contribution in [3.63, 3.8) is 0 Å². The molecule has 0 unspecified atom stereocenters. The molecule has 0 bridgehead atoms. The van der Waals surface area contributed by atoms with E-state index in [-0.39, 0.29) is 23.8 Å². The van der Waals surface area contributed by atoms with Gasteiger partial charge < -0.3 is 9.84 Å². The number of esters is 1. The van der Waals surface area contributed by atoms with E-state index in [1.54, 1.807) is 0 Å². The second kappa shape index (κ2) is 6.66. The van der Waals surface area contributed by atoms with Crippen LogP contribution in [0.5, 0.6) is 0 Å². The lowest BCUT2D eigenvalue weighted by molar-refractivity contribution is -0.138. The van der Waals surface area contributed by atoms with Crippen LogP contribution in [0.4, 0.5) is 13.2 Å². The molecule has 1 aliphatic heterocycles. The van der Waals surface area contributed by atoms with E-state index in [9.17, 15) is 23.1 Å². The molecule has 4 nitrogen and oxygen atoms in total. The smallest absolute Gasteiger partial charge is 0.416 e. The molecule has 0 radical (unpaired) electrons. The first-order chi connectivity index (χ1) is 10.3. The van der Waals surface area contributed by atoms with Crippen molar-refractivity contribution >= 4 is 5.97 Å². The van der Waals surface area contributed by atoms with Gasteiger partial charge in [0.25, 0.3) is 0 Å². The van der Waals surface area contributed by atoms with Crippen LogP contribution in [-0.4, -0.2) is 42.3 Å². The minimum atomic E-state index is -4.53. The molecule has 0 aromatic heterocycles. The van der Waals surface area contributed by atoms with Gasteiger partial charge in [0, 0.05) is 19.6 Å². The zero-order valence-corrected chi connectivity index (χ0v) is 12.2. The molecule has 0 spiro atoms. The highest BCUT2D eigenvalue weighted by Crippen LogP contribution is 2.33. The number of piperidine rings is 1. The molecule has 2 rings (SSSR count). The predicted molar refractivity (Wildman–Crippen MR) is 73.3 cm³/mol. The highest BCUT2D eigenvalue weighted by atomic mass is 19.4. The maximum Gasteiger partial charge on any atom is 0.416 e. The van der Waals surface area contributed by atoms with E-state index in [0.29, 0.717) is 25.9 Å². The first kappa shape index (κ1) is 16.8. The summed E-state index contributed by atoms with van der Waals surface area (Å²) in [7, 11) is 1.13. The number of halogens is 3. The summed E-state index contributed by atoms with van der Waals surface area (Å²) in [5.74, 6) is -0.793. The summed E-state index contributed by atoms with van der Waals surface area (Å²) in [5, 5.41) is 9.44. The van der Waals surface area contributed by atoms with Gasteiger partial charge >= 0.3 is 12.1 Å². The molecule has 122 valence electrons. The molecule has 1 N–H and O–H groups in total. The van der Waals surface area contributed by atoms with Crippen LogP contribution in [0.3, 0.4) is 0 Å². The quantitative estimate of drug-likeness (QED) is 0.870. The molecule has 1 saturated heterocycles. The Labute approximate surface area is 126 Å². The first-order valence-corrected chi connectivity index (χ1v) is 7.00. The van der Waals surface area contributed by atoms with Crippen molar-refractivity contribution in [3.8, 4) is 0 Å². The van der Waals surface area contributed by atoms with Gasteiger partial charge in [0.1, 0.15) is 0 Å². The lowest BCUT2D eigenvalue weighted by Crippen LogP contribution is -2.35. The average Bonchev–Trinajstić information content (AvgIpc) is 2.48. The molecule has 22 heavy (non-hydrogen) atoms. The van der Waals surface area contributed by atoms with E-state index in [2.05, 4.69) is 4.74 Å². The van der Waals surface area contributed by atoms with Gasteiger partial charge in [-0.05, 0) is 30.5 Å². The number of ether oxygens (including phenoxy) is 1. The summed E-state index contributed by atoms with van der Waals surface area (Å²) in [6, 6.07) is 3.50. The zero-order valence-electron chi connectivity index (χ0n) is 12.2. The molecule has 7 heteroatoms. The van der Waals surface area contributed by atoms with Crippen LogP contribution in [0.25, 0.3) is 0 Å². The molecular formula is C15H18F3NO3. The Hall–Kier alpha value is -1.60. The molecule has 1 aliphatic rings. The number of aliphatic hydroxyl groups is 1. The largest absolute Gasteiger partial charge is 0.465 e. The Morgan fingerprint density at radius 1 is 1.36 bits per heavy atom. The Bertz CT molecular complexity index is 537. The number of nitrogens with zero attached hydrogens (tertiary/aromatic N) is 1. The standard InChI is InChI=1S/C15H18F3NO3/c1-22-14(21)10-2-3-11(13(8-10)15(16,17)18)9-19-6-4-12(20)5-7-19/h2-3,8,12,20H,4-7,9H2,1H3. The SMILES string of the molecule is COC(=O)c1ccc(CN2CCC(O)CC2)c(C(F)(F)F)c1. The number of alkyl halides is 3. The highest BCUT2D eigenvalue weighted by molar-refractivity contribution is 5.89. The fourth-order valence-electron chi connectivity index (χ4n) is 2.54. The van der Waals surface area contributed by atoms with Gasteiger partial charge in [0.05, 0.1) is 24.3 Å². The molecule has 0 amide bonds. The number of carbonyl (C=O) groups is 1. The van der Waals surface area contributed by atoms with Crippen molar-refractivity contribution in [2.24, 2.45) is 0 Å². The molecule has 1 aromatic rings. The molecule has 1 aromatic carbocycles. The maximum atomic E-state index is 13.2. The van der Waals surface area contributed by atoms with Crippen molar-refractivity contribution in [3.05, 3.63) is 34.9 Å². The molecule has 1 fully saturated rings.